The highest BCUT2D eigenvalue weighted by atomic mass is 16.3. The van der Waals surface area contributed by atoms with Crippen LogP contribution >= 0.6 is 0 Å². The van der Waals surface area contributed by atoms with E-state index in [1.54, 1.807) is 13.8 Å². The summed E-state index contributed by atoms with van der Waals surface area (Å²) >= 11 is 0. The maximum atomic E-state index is 14.5. The quantitative estimate of drug-likeness (QED) is 0.0153. The molecule has 0 aliphatic carbocycles. The van der Waals surface area contributed by atoms with Crippen molar-refractivity contribution in [2.75, 3.05) is 32.7 Å². The first kappa shape index (κ1) is 75.9. The third-order valence-corrected chi connectivity index (χ3v) is 12.9. The van der Waals surface area contributed by atoms with Crippen molar-refractivity contribution >= 4 is 82.9 Å². The number of nitrogens with two attached hydrogens (primary N) is 10. The minimum absolute atomic E-state index is 0.000785. The fourth-order valence-corrected chi connectivity index (χ4v) is 8.03. The number of hydrogen-bond acceptors (Lipinski definition) is 17. The van der Waals surface area contributed by atoms with Crippen molar-refractivity contribution in [2.45, 2.75) is 191 Å². The number of unbranched alkanes of at least 4 members (excludes halogenated alkanes) is 2. The van der Waals surface area contributed by atoms with Gasteiger partial charge in [-0.25, -0.2) is 0 Å². The van der Waals surface area contributed by atoms with Gasteiger partial charge < -0.3 is 110 Å². The summed E-state index contributed by atoms with van der Waals surface area (Å²) in [6.45, 7) is 7.60. The molecule has 0 unspecified atom stereocenters. The van der Waals surface area contributed by atoms with Gasteiger partial charge in [0.25, 0.3) is 0 Å². The van der Waals surface area contributed by atoms with Crippen LogP contribution in [0.5, 0.6) is 0 Å². The minimum Gasteiger partial charge on any atom is -0.391 e. The van der Waals surface area contributed by atoms with Crippen molar-refractivity contribution < 1.29 is 57.8 Å². The van der Waals surface area contributed by atoms with Gasteiger partial charge in [0.05, 0.1) is 6.10 Å². The maximum absolute atomic E-state index is 14.5. The van der Waals surface area contributed by atoms with Crippen LogP contribution in [0, 0.1) is 5.92 Å². The Bertz CT molecular complexity index is 2240. The van der Waals surface area contributed by atoms with Gasteiger partial charge in [0.15, 0.2) is 17.9 Å². The number of carbonyl (C=O) groups is 11. The molecule has 0 fully saturated rings. The Balaban J connectivity index is 7.12. The Morgan fingerprint density at radius 2 is 0.726 bits per heavy atom. The van der Waals surface area contributed by atoms with Crippen molar-refractivity contribution in [1.82, 2.24) is 47.9 Å². The monoisotopic (exact) mass is 1200 g/mol. The van der Waals surface area contributed by atoms with E-state index in [1.165, 1.54) is 13.8 Å². The van der Waals surface area contributed by atoms with Gasteiger partial charge in [0, 0.05) is 33.0 Å². The van der Waals surface area contributed by atoms with E-state index in [4.69, 9.17) is 57.3 Å². The maximum Gasteiger partial charge on any atom is 0.243 e. The van der Waals surface area contributed by atoms with E-state index >= 15 is 0 Å². The molecule has 34 nitrogen and oxygen atoms in total. The molecule has 0 bridgehead atoms. The average Bonchev–Trinajstić information content (AvgIpc) is 3.44. The average molecular weight is 1200 g/mol. The summed E-state index contributed by atoms with van der Waals surface area (Å²) in [6, 6.07) is -12.3. The number of hydrogen-bond donors (Lipinski definition) is 20. The fraction of sp³-hybridized carbons (Fsp3) is 0.720. The van der Waals surface area contributed by atoms with Crippen LogP contribution in [-0.4, -0.2) is 181 Å². The second-order valence-corrected chi connectivity index (χ2v) is 20.2. The van der Waals surface area contributed by atoms with Crippen molar-refractivity contribution in [3.63, 3.8) is 0 Å². The molecular weight excluding hydrogens is 1100 g/mol. The molecule has 0 spiro atoms. The number of aliphatic hydroxyl groups excluding tert-OH is 1. The first-order valence-electron chi connectivity index (χ1n) is 28.0. The SMILES string of the molecule is CC[C@H](C)[C@H](NC(=O)[C@H](CCCN=C(N)N)NC(=O)[C@H](C)NC(=O)[C@H](CCC(N)=O)NC(C)=O)C(=O)N[C@@H](CCCN=C(N)N)C(=O)N[C@@H](CCCCN)C(=O)N[C@@H](CCCCN)C(=O)N[C@@H](CCCN=C(N)N)C(=O)N[C@H](C(N)=O)[C@@H](C)O. The van der Waals surface area contributed by atoms with Gasteiger partial charge in [-0.15, -0.1) is 0 Å². The van der Waals surface area contributed by atoms with Crippen molar-refractivity contribution in [3.05, 3.63) is 0 Å². The van der Waals surface area contributed by atoms with Crippen LogP contribution in [0.2, 0.25) is 0 Å². The molecule has 0 aliphatic heterocycles. The lowest BCUT2D eigenvalue weighted by molar-refractivity contribution is -0.136. The van der Waals surface area contributed by atoms with Gasteiger partial charge in [-0.2, -0.15) is 0 Å². The number of aliphatic imine (C=N–C) groups is 3. The van der Waals surface area contributed by atoms with Gasteiger partial charge in [-0.05, 0) is 116 Å². The Morgan fingerprint density at radius 1 is 0.405 bits per heavy atom. The number of carbonyl (C=O) groups excluding carboxylic acids is 11. The number of aliphatic hydroxyl groups is 1. The standard InChI is InChI=1S/C50H96N22O12/c1-6-26(2)37(71-45(82)33(17-12-24-62-49(57)58)66-40(77)27(3)64-41(78)35(65-29(5)74)19-20-36(53)75)47(84)70-32(16-11-23-61-48(55)56)44(81)68-30(14-7-9-21-51)42(79)67-31(15-8-10-22-52)43(80)69-34(18-13-25-63-50(59)60)46(83)72-38(28(4)73)39(54)76/h26-28,30-35,37-38,73H,6-25,51-52H2,1-5H3,(H2,53,75)(H2,54,76)(H,64,78)(H,65,74)(H,66,77)(H,67,79)(H,68,81)(H,69,80)(H,70,84)(H,71,82)(H,72,83)(H4,55,56,61)(H4,57,58,62)(H4,59,60,63)/t26-,27-,28+,30-,31-,32-,33-,34-,35-,37-,38-/m0/s1. The van der Waals surface area contributed by atoms with Crippen LogP contribution in [0.3, 0.4) is 0 Å². The topological polar surface area (TPSA) is 614 Å². The first-order chi connectivity index (χ1) is 39.5. The summed E-state index contributed by atoms with van der Waals surface area (Å²) < 4.78 is 0. The Hall–Kier alpha value is -8.14. The van der Waals surface area contributed by atoms with Gasteiger partial charge in [-0.3, -0.25) is 67.7 Å². The molecule has 84 heavy (non-hydrogen) atoms. The van der Waals surface area contributed by atoms with Crippen LogP contribution < -0.4 is 105 Å². The molecule has 0 saturated heterocycles. The normalized spacial score (nSPS) is 14.8. The molecule has 0 aromatic carbocycles. The molecule has 478 valence electrons. The van der Waals surface area contributed by atoms with Crippen LogP contribution in [-0.2, 0) is 52.7 Å². The summed E-state index contributed by atoms with van der Waals surface area (Å²) in [5, 5.41) is 33.3. The molecule has 0 saturated carbocycles. The van der Waals surface area contributed by atoms with E-state index < -0.39 is 131 Å². The zero-order valence-corrected chi connectivity index (χ0v) is 49.0. The molecular formula is C50H96N22O12. The number of nitrogens with one attached hydrogen (secondary N) is 9. The van der Waals surface area contributed by atoms with Crippen molar-refractivity contribution in [2.24, 2.45) is 78.2 Å². The molecule has 0 radical (unpaired) electrons. The van der Waals surface area contributed by atoms with E-state index in [0.29, 0.717) is 32.1 Å². The van der Waals surface area contributed by atoms with E-state index in [9.17, 15) is 57.8 Å². The summed E-state index contributed by atoms with van der Waals surface area (Å²) in [4.78, 5) is 159. The largest absolute Gasteiger partial charge is 0.391 e. The molecule has 0 aliphatic rings. The van der Waals surface area contributed by atoms with Crippen molar-refractivity contribution in [1.29, 1.82) is 0 Å². The predicted octanol–water partition coefficient (Wildman–Crippen LogP) is -8.01. The molecule has 0 aromatic heterocycles. The second-order valence-electron chi connectivity index (χ2n) is 20.2. The summed E-state index contributed by atoms with van der Waals surface area (Å²) in [5.74, 6) is -10.5. The van der Waals surface area contributed by atoms with Crippen molar-refractivity contribution in [3.8, 4) is 0 Å². The van der Waals surface area contributed by atoms with Crippen LogP contribution in [0.4, 0.5) is 0 Å². The van der Waals surface area contributed by atoms with E-state index in [2.05, 4.69) is 62.8 Å². The molecule has 11 atom stereocenters. The van der Waals surface area contributed by atoms with E-state index in [0.717, 1.165) is 6.92 Å². The number of amides is 11. The highest BCUT2D eigenvalue weighted by Gasteiger charge is 2.36. The van der Waals surface area contributed by atoms with Gasteiger partial charge in [-0.1, -0.05) is 20.3 Å². The molecule has 34 heteroatoms. The zero-order chi connectivity index (χ0) is 64.1. The molecule has 0 rings (SSSR count). The zero-order valence-electron chi connectivity index (χ0n) is 49.0. The first-order valence-corrected chi connectivity index (χ1v) is 28.0. The van der Waals surface area contributed by atoms with Gasteiger partial charge in [0.1, 0.15) is 54.4 Å². The summed E-state index contributed by atoms with van der Waals surface area (Å²) in [5.41, 5.74) is 55.2. The summed E-state index contributed by atoms with van der Waals surface area (Å²) in [7, 11) is 0. The van der Waals surface area contributed by atoms with E-state index in [1.807, 2.05) is 0 Å². The Kier molecular flexibility index (Phi) is 37.7. The van der Waals surface area contributed by atoms with Gasteiger partial charge >= 0.3 is 0 Å². The minimum atomic E-state index is -1.53. The Labute approximate surface area is 489 Å². The summed E-state index contributed by atoms with van der Waals surface area (Å²) in [6.07, 6.45) is -0.00126. The van der Waals surface area contributed by atoms with Crippen LogP contribution in [0.15, 0.2) is 15.0 Å². The number of nitrogens with zero attached hydrogens (tertiary/aromatic N) is 3. The molecule has 0 aromatic rings. The molecule has 30 N–H and O–H groups in total. The number of primary amides is 2. The highest BCUT2D eigenvalue weighted by Crippen LogP contribution is 2.13. The van der Waals surface area contributed by atoms with E-state index in [-0.39, 0.29) is 115 Å². The lowest BCUT2D eigenvalue weighted by Gasteiger charge is -2.30. The Morgan fingerprint density at radius 3 is 1.05 bits per heavy atom. The number of rotatable bonds is 44. The predicted molar refractivity (Wildman–Crippen MR) is 313 cm³/mol. The molecule has 0 heterocycles. The fourth-order valence-electron chi connectivity index (χ4n) is 8.03. The smallest absolute Gasteiger partial charge is 0.243 e. The van der Waals surface area contributed by atoms with Crippen LogP contribution in [0.25, 0.3) is 0 Å². The van der Waals surface area contributed by atoms with Gasteiger partial charge in [0.2, 0.25) is 65.0 Å². The third kappa shape index (κ3) is 32.5. The lowest BCUT2D eigenvalue weighted by atomic mass is 9.96. The number of guanidine groups is 3. The lowest BCUT2D eigenvalue weighted by Crippen LogP contribution is -2.61. The third-order valence-electron chi connectivity index (χ3n) is 12.9. The van der Waals surface area contributed by atoms with Crippen LogP contribution in [0.1, 0.15) is 131 Å². The highest BCUT2D eigenvalue weighted by molar-refractivity contribution is 5.98. The second kappa shape index (κ2) is 41.8. The molecule has 11 amide bonds.